The summed E-state index contributed by atoms with van der Waals surface area (Å²) in [6.45, 7) is 1.99. The summed E-state index contributed by atoms with van der Waals surface area (Å²) in [5.74, 6) is -0.548. The summed E-state index contributed by atoms with van der Waals surface area (Å²) in [5, 5.41) is 12.1. The number of pyridine rings is 1. The van der Waals surface area contributed by atoms with Gasteiger partial charge in [-0.25, -0.2) is 27.5 Å². The molecule has 0 amide bonds. The van der Waals surface area contributed by atoms with Crippen molar-refractivity contribution in [2.45, 2.75) is 61.7 Å². The van der Waals surface area contributed by atoms with Gasteiger partial charge in [-0.1, -0.05) is 12.0 Å². The Balaban J connectivity index is 1.26. The molecule has 11 heteroatoms. The van der Waals surface area contributed by atoms with E-state index in [0.717, 1.165) is 19.4 Å². The van der Waals surface area contributed by atoms with E-state index < -0.39 is 23.5 Å². The molecular formula is C33H29F4N5O2. The van der Waals surface area contributed by atoms with Crippen LogP contribution in [-0.2, 0) is 0 Å². The second kappa shape index (κ2) is 9.41. The summed E-state index contributed by atoms with van der Waals surface area (Å²) < 4.78 is 63.5. The Hall–Kier alpha value is -4.17. The Bertz CT molecular complexity index is 1890. The lowest BCUT2D eigenvalue weighted by Crippen LogP contribution is -2.70. The summed E-state index contributed by atoms with van der Waals surface area (Å²) in [6.07, 6.45) is 8.67. The number of benzene rings is 2. The smallest absolute Gasteiger partial charge is 0.316 e. The SMILES string of the molecule is C#Cc1c(F)ccc2cc(O)cc(-c3cc4nc(OC[C@@]56CCCN5C[C@H](F)C6)ncc4c(N4CCC45CC(F)(F)C5)n3)c12. The molecule has 0 bridgehead atoms. The van der Waals surface area contributed by atoms with Gasteiger partial charge in [-0.3, -0.25) is 4.90 Å². The van der Waals surface area contributed by atoms with Gasteiger partial charge in [0.15, 0.2) is 0 Å². The van der Waals surface area contributed by atoms with Crippen molar-refractivity contribution in [1.82, 2.24) is 19.9 Å². The number of nitrogens with zero attached hydrogens (tertiary/aromatic N) is 5. The highest BCUT2D eigenvalue weighted by molar-refractivity contribution is 6.03. The third-order valence-corrected chi connectivity index (χ3v) is 10.0. The maximum atomic E-state index is 14.9. The van der Waals surface area contributed by atoms with Gasteiger partial charge in [0.25, 0.3) is 5.92 Å². The number of halogens is 4. The molecule has 8 rings (SSSR count). The molecule has 1 N–H and O–H groups in total. The van der Waals surface area contributed by atoms with Crippen LogP contribution in [0.5, 0.6) is 11.8 Å². The molecule has 2 aromatic carbocycles. The molecule has 3 saturated heterocycles. The van der Waals surface area contributed by atoms with E-state index in [1.165, 1.54) is 24.3 Å². The maximum Gasteiger partial charge on any atom is 0.316 e. The van der Waals surface area contributed by atoms with Crippen LogP contribution in [-0.4, -0.2) is 74.4 Å². The van der Waals surface area contributed by atoms with Gasteiger partial charge < -0.3 is 14.7 Å². The highest BCUT2D eigenvalue weighted by Gasteiger charge is 2.63. The number of fused-ring (bicyclic) bond motifs is 3. The van der Waals surface area contributed by atoms with Crippen molar-refractivity contribution in [2.75, 3.05) is 31.1 Å². The first-order valence-corrected chi connectivity index (χ1v) is 14.9. The first-order valence-electron chi connectivity index (χ1n) is 14.9. The number of ether oxygens (including phenoxy) is 1. The quantitative estimate of drug-likeness (QED) is 0.222. The summed E-state index contributed by atoms with van der Waals surface area (Å²) in [6, 6.07) is 7.52. The third-order valence-electron chi connectivity index (χ3n) is 10.0. The number of hydrogen-bond acceptors (Lipinski definition) is 7. The lowest BCUT2D eigenvalue weighted by molar-refractivity contribution is -0.140. The number of rotatable bonds is 5. The Morgan fingerprint density at radius 3 is 2.70 bits per heavy atom. The van der Waals surface area contributed by atoms with Crippen LogP contribution < -0.4 is 9.64 Å². The van der Waals surface area contributed by atoms with Gasteiger partial charge in [0.1, 0.15) is 30.2 Å². The molecule has 4 aliphatic rings. The van der Waals surface area contributed by atoms with Crippen molar-refractivity contribution in [2.24, 2.45) is 0 Å². The normalized spacial score (nSPS) is 25.2. The van der Waals surface area contributed by atoms with Crippen molar-refractivity contribution in [1.29, 1.82) is 0 Å². The number of phenols is 1. The number of phenolic OH excluding ortho intramolecular Hbond substituents is 1. The number of alkyl halides is 3. The number of anilines is 1. The Morgan fingerprint density at radius 1 is 1.11 bits per heavy atom. The predicted octanol–water partition coefficient (Wildman–Crippen LogP) is 6.00. The second-order valence-electron chi connectivity index (χ2n) is 12.8. The fourth-order valence-corrected chi connectivity index (χ4v) is 7.97. The van der Waals surface area contributed by atoms with Crippen LogP contribution in [0.15, 0.2) is 36.5 Å². The highest BCUT2D eigenvalue weighted by Crippen LogP contribution is 2.57. The zero-order chi connectivity index (χ0) is 30.4. The molecule has 1 aliphatic carbocycles. The Morgan fingerprint density at radius 2 is 1.95 bits per heavy atom. The average Bonchev–Trinajstić information content (AvgIpc) is 3.49. The van der Waals surface area contributed by atoms with Crippen LogP contribution in [0.25, 0.3) is 32.9 Å². The van der Waals surface area contributed by atoms with E-state index >= 15 is 0 Å². The van der Waals surface area contributed by atoms with Crippen molar-refractivity contribution < 1.29 is 27.4 Å². The predicted molar refractivity (Wildman–Crippen MR) is 157 cm³/mol. The number of terminal acetylenes is 1. The maximum absolute atomic E-state index is 14.9. The molecule has 2 atom stereocenters. The summed E-state index contributed by atoms with van der Waals surface area (Å²) in [5.41, 5.74) is 0.0753. The molecule has 0 radical (unpaired) electrons. The summed E-state index contributed by atoms with van der Waals surface area (Å²) in [4.78, 5) is 18.1. The molecule has 2 aromatic heterocycles. The van der Waals surface area contributed by atoms with Crippen LogP contribution in [0.1, 0.15) is 44.1 Å². The average molecular weight is 604 g/mol. The molecule has 1 saturated carbocycles. The molecule has 5 heterocycles. The van der Waals surface area contributed by atoms with Crippen molar-refractivity contribution in [3.63, 3.8) is 0 Å². The molecule has 7 nitrogen and oxygen atoms in total. The first kappa shape index (κ1) is 27.4. The van der Waals surface area contributed by atoms with Crippen LogP contribution in [0.3, 0.4) is 0 Å². The van der Waals surface area contributed by atoms with Gasteiger partial charge in [0.2, 0.25) is 0 Å². The lowest BCUT2D eigenvalue weighted by Gasteiger charge is -2.61. The second-order valence-corrected chi connectivity index (χ2v) is 12.8. The third kappa shape index (κ3) is 4.10. The minimum absolute atomic E-state index is 0.0230. The molecule has 4 fully saturated rings. The fraction of sp³-hybridized carbons (Fsp3) is 0.424. The Kier molecular flexibility index (Phi) is 5.86. The van der Waals surface area contributed by atoms with E-state index in [1.54, 1.807) is 12.3 Å². The van der Waals surface area contributed by atoms with E-state index in [1.807, 2.05) is 4.90 Å². The number of aromatic hydroxyl groups is 1. The van der Waals surface area contributed by atoms with Gasteiger partial charge >= 0.3 is 6.01 Å². The van der Waals surface area contributed by atoms with E-state index in [-0.39, 0.29) is 42.3 Å². The van der Waals surface area contributed by atoms with Crippen LogP contribution in [0.2, 0.25) is 0 Å². The highest BCUT2D eigenvalue weighted by atomic mass is 19.3. The van der Waals surface area contributed by atoms with Crippen LogP contribution >= 0.6 is 0 Å². The molecule has 3 aliphatic heterocycles. The van der Waals surface area contributed by atoms with Gasteiger partial charge in [-0.15, -0.1) is 6.42 Å². The van der Waals surface area contributed by atoms with Gasteiger partial charge in [-0.2, -0.15) is 4.98 Å². The minimum atomic E-state index is -2.74. The van der Waals surface area contributed by atoms with E-state index in [0.29, 0.717) is 64.7 Å². The van der Waals surface area contributed by atoms with Crippen molar-refractivity contribution in [3.8, 4) is 35.4 Å². The number of hydrogen-bond donors (Lipinski definition) is 1. The van der Waals surface area contributed by atoms with E-state index in [2.05, 4.69) is 15.8 Å². The van der Waals surface area contributed by atoms with Gasteiger partial charge in [0, 0.05) is 49.5 Å². The van der Waals surface area contributed by atoms with E-state index in [9.17, 15) is 22.7 Å². The lowest BCUT2D eigenvalue weighted by atomic mass is 9.65. The van der Waals surface area contributed by atoms with Gasteiger partial charge in [-0.05, 0) is 55.5 Å². The zero-order valence-corrected chi connectivity index (χ0v) is 23.8. The summed E-state index contributed by atoms with van der Waals surface area (Å²) in [7, 11) is 0. The van der Waals surface area contributed by atoms with Crippen LogP contribution in [0.4, 0.5) is 23.4 Å². The molecule has 226 valence electrons. The fourth-order valence-electron chi connectivity index (χ4n) is 7.97. The van der Waals surface area contributed by atoms with E-state index in [4.69, 9.17) is 21.1 Å². The van der Waals surface area contributed by atoms with Crippen molar-refractivity contribution in [3.05, 3.63) is 47.9 Å². The first-order chi connectivity index (χ1) is 21.1. The summed E-state index contributed by atoms with van der Waals surface area (Å²) >= 11 is 0. The van der Waals surface area contributed by atoms with Crippen LogP contribution in [0, 0.1) is 18.2 Å². The molecule has 44 heavy (non-hydrogen) atoms. The van der Waals surface area contributed by atoms with Gasteiger partial charge in [0.05, 0.1) is 33.2 Å². The minimum Gasteiger partial charge on any atom is -0.508 e. The largest absolute Gasteiger partial charge is 0.508 e. The van der Waals surface area contributed by atoms with Crippen molar-refractivity contribution >= 4 is 27.5 Å². The number of aromatic nitrogens is 3. The molecule has 1 spiro atoms. The monoisotopic (exact) mass is 603 g/mol. The molecule has 0 unspecified atom stereocenters. The standard InChI is InChI=1S/C33H29F4N5O2/c1-2-22-25(35)5-4-19-10-21(43)11-23(28(19)22)26-12-27-24(29(39-26)42-9-7-32(42)16-33(36,37)17-32)14-38-30(40-27)44-18-31-6-3-8-41(31)15-20(34)13-31/h1,4-5,10-12,14,20,43H,3,6-9,13,15-18H2/t20-,31+/m1/s1. The topological polar surface area (TPSA) is 74.6 Å². The zero-order valence-electron chi connectivity index (χ0n) is 23.8. The molecule has 4 aromatic rings. The Labute approximate surface area is 250 Å². The molecular weight excluding hydrogens is 574 g/mol.